The van der Waals surface area contributed by atoms with Gasteiger partial charge in [0.05, 0.1) is 5.69 Å². The molecule has 0 aromatic carbocycles. The van der Waals surface area contributed by atoms with Crippen LogP contribution < -0.4 is 10.6 Å². The van der Waals surface area contributed by atoms with Gasteiger partial charge in [-0.25, -0.2) is 0 Å². The maximum Gasteiger partial charge on any atom is 0.151 e. The minimum Gasteiger partial charge on any atom is -0.354 e. The van der Waals surface area contributed by atoms with Crippen molar-refractivity contribution in [3.05, 3.63) is 30.6 Å². The Bertz CT molecular complexity index is 493. The van der Waals surface area contributed by atoms with Crippen LogP contribution >= 0.6 is 0 Å². The van der Waals surface area contributed by atoms with Gasteiger partial charge in [-0.05, 0) is 18.6 Å². The highest BCUT2D eigenvalue weighted by Gasteiger charge is 2.21. The second-order valence-corrected chi connectivity index (χ2v) is 4.37. The van der Waals surface area contributed by atoms with Crippen molar-refractivity contribution in [1.29, 1.82) is 0 Å². The molecule has 0 saturated carbocycles. The Morgan fingerprint density at radius 2 is 2.18 bits per heavy atom. The van der Waals surface area contributed by atoms with Gasteiger partial charge < -0.3 is 10.6 Å². The molecule has 2 aromatic heterocycles. The molecule has 0 aliphatic carbocycles. The lowest BCUT2D eigenvalue weighted by Gasteiger charge is -2.13. The average molecular weight is 229 g/mol. The van der Waals surface area contributed by atoms with Crippen molar-refractivity contribution in [3.8, 4) is 11.3 Å². The van der Waals surface area contributed by atoms with Gasteiger partial charge in [0.15, 0.2) is 5.82 Å². The summed E-state index contributed by atoms with van der Waals surface area (Å²) < 4.78 is 0. The molecule has 17 heavy (non-hydrogen) atoms. The van der Waals surface area contributed by atoms with E-state index >= 15 is 0 Å². The average Bonchev–Trinajstić information content (AvgIpc) is 2.98. The molecule has 1 aliphatic rings. The number of nitrogens with one attached hydrogen (secondary N) is 1. The third-order valence-corrected chi connectivity index (χ3v) is 3.10. The van der Waals surface area contributed by atoms with Gasteiger partial charge in [0.2, 0.25) is 0 Å². The van der Waals surface area contributed by atoms with E-state index in [2.05, 4.69) is 26.1 Å². The first-order chi connectivity index (χ1) is 8.33. The van der Waals surface area contributed by atoms with Crippen molar-refractivity contribution >= 4 is 5.82 Å². The van der Waals surface area contributed by atoms with Gasteiger partial charge in [-0.15, -0.1) is 0 Å². The largest absolute Gasteiger partial charge is 0.354 e. The molecule has 1 aliphatic heterocycles. The van der Waals surface area contributed by atoms with Gasteiger partial charge >= 0.3 is 0 Å². The summed E-state index contributed by atoms with van der Waals surface area (Å²) in [6, 6.07) is 6.27. The van der Waals surface area contributed by atoms with Crippen molar-refractivity contribution in [2.75, 3.05) is 18.0 Å². The second kappa shape index (κ2) is 4.18. The van der Waals surface area contributed by atoms with Gasteiger partial charge in [-0.3, -0.25) is 10.1 Å². The summed E-state index contributed by atoms with van der Waals surface area (Å²) >= 11 is 0. The van der Waals surface area contributed by atoms with E-state index in [1.165, 1.54) is 0 Å². The monoisotopic (exact) mass is 229 g/mol. The van der Waals surface area contributed by atoms with Crippen molar-refractivity contribution < 1.29 is 0 Å². The van der Waals surface area contributed by atoms with Crippen LogP contribution in [-0.2, 0) is 0 Å². The number of aromatic nitrogens is 3. The fourth-order valence-electron chi connectivity index (χ4n) is 2.15. The lowest BCUT2D eigenvalue weighted by Crippen LogP contribution is -2.26. The Morgan fingerprint density at radius 1 is 1.35 bits per heavy atom. The first-order valence-electron chi connectivity index (χ1n) is 5.79. The molecule has 0 bridgehead atoms. The number of H-pyrrole nitrogens is 1. The fourth-order valence-corrected chi connectivity index (χ4v) is 2.15. The van der Waals surface area contributed by atoms with Gasteiger partial charge in [-0.2, -0.15) is 5.10 Å². The summed E-state index contributed by atoms with van der Waals surface area (Å²) in [7, 11) is 0. The van der Waals surface area contributed by atoms with Crippen LogP contribution in [0, 0.1) is 0 Å². The maximum absolute atomic E-state index is 5.89. The van der Waals surface area contributed by atoms with Crippen LogP contribution in [0.1, 0.15) is 6.42 Å². The minimum atomic E-state index is 0.274. The topological polar surface area (TPSA) is 70.8 Å². The molecule has 5 nitrogen and oxygen atoms in total. The van der Waals surface area contributed by atoms with Gasteiger partial charge in [0.1, 0.15) is 0 Å². The van der Waals surface area contributed by atoms with Crippen molar-refractivity contribution in [2.45, 2.75) is 12.5 Å². The highest BCUT2D eigenvalue weighted by Crippen LogP contribution is 2.23. The predicted molar refractivity (Wildman–Crippen MR) is 66.6 cm³/mol. The van der Waals surface area contributed by atoms with E-state index < -0.39 is 0 Å². The quantitative estimate of drug-likeness (QED) is 0.806. The molecule has 0 spiro atoms. The molecule has 2 aromatic rings. The van der Waals surface area contributed by atoms with Crippen LogP contribution in [0.4, 0.5) is 5.82 Å². The molecule has 1 fully saturated rings. The zero-order valence-electron chi connectivity index (χ0n) is 9.50. The summed E-state index contributed by atoms with van der Waals surface area (Å²) in [4.78, 5) is 6.22. The van der Waals surface area contributed by atoms with Gasteiger partial charge in [0, 0.05) is 43.2 Å². The highest BCUT2D eigenvalue weighted by molar-refractivity contribution is 5.62. The Kier molecular flexibility index (Phi) is 2.53. The summed E-state index contributed by atoms with van der Waals surface area (Å²) in [5.74, 6) is 0.977. The molecule has 3 rings (SSSR count). The summed E-state index contributed by atoms with van der Waals surface area (Å²) in [5.41, 5.74) is 8.01. The highest BCUT2D eigenvalue weighted by atomic mass is 15.3. The summed E-state index contributed by atoms with van der Waals surface area (Å²) in [6.45, 7) is 1.88. The van der Waals surface area contributed by atoms with E-state index in [1.54, 1.807) is 12.4 Å². The van der Waals surface area contributed by atoms with Crippen LogP contribution in [-0.4, -0.2) is 34.3 Å². The van der Waals surface area contributed by atoms with Crippen LogP contribution in [0.3, 0.4) is 0 Å². The number of rotatable bonds is 2. The molecule has 5 heteroatoms. The lowest BCUT2D eigenvalue weighted by molar-refractivity contribution is 0.751. The van der Waals surface area contributed by atoms with E-state index in [-0.39, 0.29) is 6.04 Å². The zero-order valence-corrected chi connectivity index (χ0v) is 9.50. The normalized spacial score (nSPS) is 19.8. The molecule has 1 unspecified atom stereocenters. The Balaban J connectivity index is 1.84. The molecule has 1 atom stereocenters. The third-order valence-electron chi connectivity index (χ3n) is 3.10. The smallest absolute Gasteiger partial charge is 0.151 e. The minimum absolute atomic E-state index is 0.274. The number of nitrogens with zero attached hydrogens (tertiary/aromatic N) is 3. The molecule has 88 valence electrons. The second-order valence-electron chi connectivity index (χ2n) is 4.37. The SMILES string of the molecule is NC1CCN(c2cc(-c3ccncc3)[nH]n2)C1. The summed E-state index contributed by atoms with van der Waals surface area (Å²) in [5, 5.41) is 7.39. The van der Waals surface area contributed by atoms with Crippen LogP contribution in [0.25, 0.3) is 11.3 Å². The van der Waals surface area contributed by atoms with E-state index in [0.29, 0.717) is 0 Å². The molecule has 1 saturated heterocycles. The summed E-state index contributed by atoms with van der Waals surface area (Å²) in [6.07, 6.45) is 4.60. The number of aromatic amines is 1. The third kappa shape index (κ3) is 2.01. The van der Waals surface area contributed by atoms with Crippen LogP contribution in [0.2, 0.25) is 0 Å². The maximum atomic E-state index is 5.89. The standard InChI is InChI=1S/C12H15N5/c13-10-3-6-17(8-10)12-7-11(15-16-12)9-1-4-14-5-2-9/h1-2,4-5,7,10H,3,6,8,13H2,(H,15,16). The first-order valence-corrected chi connectivity index (χ1v) is 5.79. The van der Waals surface area contributed by atoms with Crippen LogP contribution in [0.5, 0.6) is 0 Å². The zero-order chi connectivity index (χ0) is 11.7. The van der Waals surface area contributed by atoms with Gasteiger partial charge in [-0.1, -0.05) is 0 Å². The van der Waals surface area contributed by atoms with Crippen molar-refractivity contribution in [1.82, 2.24) is 15.2 Å². The number of anilines is 1. The molecular formula is C12H15N5. The Hall–Kier alpha value is -1.88. The molecular weight excluding hydrogens is 214 g/mol. The number of hydrogen-bond acceptors (Lipinski definition) is 4. The van der Waals surface area contributed by atoms with E-state index in [9.17, 15) is 0 Å². The predicted octanol–water partition coefficient (Wildman–Crippen LogP) is 1.01. The number of hydrogen-bond donors (Lipinski definition) is 2. The fraction of sp³-hybridized carbons (Fsp3) is 0.333. The molecule has 0 radical (unpaired) electrons. The van der Waals surface area contributed by atoms with E-state index in [0.717, 1.165) is 36.6 Å². The van der Waals surface area contributed by atoms with Crippen molar-refractivity contribution in [3.63, 3.8) is 0 Å². The Morgan fingerprint density at radius 3 is 2.88 bits per heavy atom. The van der Waals surface area contributed by atoms with E-state index in [1.807, 2.05) is 12.1 Å². The van der Waals surface area contributed by atoms with Crippen molar-refractivity contribution in [2.24, 2.45) is 5.73 Å². The van der Waals surface area contributed by atoms with Crippen LogP contribution in [0.15, 0.2) is 30.6 Å². The number of pyridine rings is 1. The van der Waals surface area contributed by atoms with E-state index in [4.69, 9.17) is 5.73 Å². The molecule has 3 heterocycles. The number of nitrogens with two attached hydrogens (primary N) is 1. The first kappa shape index (κ1) is 10.3. The lowest BCUT2D eigenvalue weighted by atomic mass is 10.2. The Labute approximate surface area is 99.7 Å². The molecule has 3 N–H and O–H groups in total. The van der Waals surface area contributed by atoms with Gasteiger partial charge in [0.25, 0.3) is 0 Å². The molecule has 0 amide bonds.